The lowest BCUT2D eigenvalue weighted by atomic mass is 10.3. The van der Waals surface area contributed by atoms with Crippen molar-refractivity contribution < 1.29 is 9.59 Å². The van der Waals surface area contributed by atoms with Gasteiger partial charge in [-0.25, -0.2) is 4.68 Å². The van der Waals surface area contributed by atoms with Gasteiger partial charge in [-0.15, -0.1) is 11.3 Å². The van der Waals surface area contributed by atoms with Gasteiger partial charge in [0.05, 0.1) is 12.2 Å². The van der Waals surface area contributed by atoms with Gasteiger partial charge in [0.1, 0.15) is 5.82 Å². The van der Waals surface area contributed by atoms with E-state index in [0.29, 0.717) is 12.4 Å². The summed E-state index contributed by atoms with van der Waals surface area (Å²) in [6.07, 6.45) is 0. The molecule has 7 heteroatoms. The number of hydrogen-bond donors (Lipinski definition) is 2. The number of carbonyl (C=O) groups excluding carboxylic acids is 2. The molecule has 2 aromatic heterocycles. The predicted octanol–water partition coefficient (Wildman–Crippen LogP) is 2.82. The van der Waals surface area contributed by atoms with Crippen molar-refractivity contribution in [3.8, 4) is 5.69 Å². The van der Waals surface area contributed by atoms with E-state index in [-0.39, 0.29) is 17.5 Å². The fourth-order valence-corrected chi connectivity index (χ4v) is 2.84. The van der Waals surface area contributed by atoms with Gasteiger partial charge in [0, 0.05) is 17.9 Å². The first kappa shape index (κ1) is 15.9. The molecule has 0 aliphatic rings. The molecule has 6 nitrogen and oxygen atoms in total. The van der Waals surface area contributed by atoms with Crippen LogP contribution in [0.15, 0.2) is 53.9 Å². The molecule has 3 rings (SSSR count). The van der Waals surface area contributed by atoms with E-state index in [1.165, 1.54) is 6.92 Å². The van der Waals surface area contributed by atoms with Crippen LogP contribution in [0, 0.1) is 0 Å². The van der Waals surface area contributed by atoms with Gasteiger partial charge in [-0.1, -0.05) is 24.3 Å². The first-order valence-corrected chi connectivity index (χ1v) is 8.25. The average molecular weight is 340 g/mol. The number of benzene rings is 1. The second-order valence-electron chi connectivity index (χ2n) is 5.11. The van der Waals surface area contributed by atoms with Gasteiger partial charge >= 0.3 is 0 Å². The molecule has 0 atom stereocenters. The van der Waals surface area contributed by atoms with Crippen molar-refractivity contribution in [3.05, 3.63) is 64.5 Å². The number of para-hydroxylation sites is 1. The molecular formula is C17H16N4O2S. The molecular weight excluding hydrogens is 324 g/mol. The Bertz CT molecular complexity index is 841. The Balaban J connectivity index is 1.84. The number of amides is 2. The van der Waals surface area contributed by atoms with Gasteiger partial charge in [0.2, 0.25) is 5.91 Å². The van der Waals surface area contributed by atoms with Gasteiger partial charge in [-0.05, 0) is 23.6 Å². The Hall–Kier alpha value is -2.93. The third-order valence-electron chi connectivity index (χ3n) is 3.25. The van der Waals surface area contributed by atoms with Gasteiger partial charge in [0.15, 0.2) is 5.69 Å². The second kappa shape index (κ2) is 7.10. The maximum absolute atomic E-state index is 12.3. The normalized spacial score (nSPS) is 10.4. The lowest BCUT2D eigenvalue weighted by Gasteiger charge is -2.06. The molecule has 0 unspecified atom stereocenters. The standard InChI is InChI=1S/C17H16N4O2S/c1-12(22)19-16-10-15(17(23)18-11-14-8-5-9-24-14)20-21(16)13-6-3-2-4-7-13/h2-10H,11H2,1H3,(H,18,23)(H,19,22). The van der Waals surface area contributed by atoms with Crippen molar-refractivity contribution in [1.29, 1.82) is 0 Å². The van der Waals surface area contributed by atoms with Crippen LogP contribution >= 0.6 is 11.3 Å². The van der Waals surface area contributed by atoms with Crippen molar-refractivity contribution in [2.75, 3.05) is 5.32 Å². The molecule has 0 spiro atoms. The number of nitrogens with one attached hydrogen (secondary N) is 2. The highest BCUT2D eigenvalue weighted by molar-refractivity contribution is 7.09. The molecule has 0 bridgehead atoms. The lowest BCUT2D eigenvalue weighted by molar-refractivity contribution is -0.114. The molecule has 0 aliphatic carbocycles. The topological polar surface area (TPSA) is 76.0 Å². The third kappa shape index (κ3) is 3.69. The number of thiophene rings is 1. The number of rotatable bonds is 5. The van der Waals surface area contributed by atoms with E-state index < -0.39 is 0 Å². The molecule has 0 radical (unpaired) electrons. The molecule has 0 saturated heterocycles. The molecule has 3 aromatic rings. The van der Waals surface area contributed by atoms with Crippen LogP contribution in [0.4, 0.5) is 5.82 Å². The summed E-state index contributed by atoms with van der Waals surface area (Å²) >= 11 is 1.58. The summed E-state index contributed by atoms with van der Waals surface area (Å²) in [4.78, 5) is 24.8. The number of carbonyl (C=O) groups is 2. The quantitative estimate of drug-likeness (QED) is 0.750. The summed E-state index contributed by atoms with van der Waals surface area (Å²) in [5.74, 6) is -0.0581. The monoisotopic (exact) mass is 340 g/mol. The van der Waals surface area contributed by atoms with Crippen molar-refractivity contribution in [3.63, 3.8) is 0 Å². The van der Waals surface area contributed by atoms with Gasteiger partial charge in [0.25, 0.3) is 5.91 Å². The van der Waals surface area contributed by atoms with Crippen LogP contribution in [-0.4, -0.2) is 21.6 Å². The highest BCUT2D eigenvalue weighted by Crippen LogP contribution is 2.17. The lowest BCUT2D eigenvalue weighted by Crippen LogP contribution is -2.22. The van der Waals surface area contributed by atoms with E-state index in [9.17, 15) is 9.59 Å². The minimum absolute atomic E-state index is 0.224. The molecule has 0 saturated carbocycles. The maximum Gasteiger partial charge on any atom is 0.272 e. The van der Waals surface area contributed by atoms with Crippen LogP contribution in [0.25, 0.3) is 5.69 Å². The summed E-state index contributed by atoms with van der Waals surface area (Å²) in [5.41, 5.74) is 1.01. The van der Waals surface area contributed by atoms with Gasteiger partial charge in [-0.3, -0.25) is 9.59 Å². The summed E-state index contributed by atoms with van der Waals surface area (Å²) in [6, 6.07) is 14.8. The number of anilines is 1. The second-order valence-corrected chi connectivity index (χ2v) is 6.14. The Morgan fingerprint density at radius 1 is 1.17 bits per heavy atom. The minimum Gasteiger partial charge on any atom is -0.346 e. The zero-order valence-corrected chi connectivity index (χ0v) is 13.8. The number of nitrogens with zero attached hydrogens (tertiary/aromatic N) is 2. The molecule has 24 heavy (non-hydrogen) atoms. The largest absolute Gasteiger partial charge is 0.346 e. The highest BCUT2D eigenvalue weighted by atomic mass is 32.1. The van der Waals surface area contributed by atoms with Crippen molar-refractivity contribution in [2.45, 2.75) is 13.5 Å². The van der Waals surface area contributed by atoms with Crippen molar-refractivity contribution >= 4 is 29.0 Å². The van der Waals surface area contributed by atoms with Crippen molar-refractivity contribution in [1.82, 2.24) is 15.1 Å². The Labute approximate surface area is 143 Å². The molecule has 2 heterocycles. The Kier molecular flexibility index (Phi) is 4.72. The first-order valence-electron chi connectivity index (χ1n) is 7.37. The minimum atomic E-state index is -0.287. The summed E-state index contributed by atoms with van der Waals surface area (Å²) in [7, 11) is 0. The van der Waals surface area contributed by atoms with Crippen LogP contribution < -0.4 is 10.6 Å². The third-order valence-corrected chi connectivity index (χ3v) is 4.13. The van der Waals surface area contributed by atoms with E-state index in [0.717, 1.165) is 10.6 Å². The van der Waals surface area contributed by atoms with Crippen LogP contribution in [0.3, 0.4) is 0 Å². The SMILES string of the molecule is CC(=O)Nc1cc(C(=O)NCc2cccs2)nn1-c1ccccc1. The highest BCUT2D eigenvalue weighted by Gasteiger charge is 2.16. The summed E-state index contributed by atoms with van der Waals surface area (Å²) in [6.45, 7) is 1.86. The molecule has 0 aliphatic heterocycles. The van der Waals surface area contributed by atoms with E-state index >= 15 is 0 Å². The Morgan fingerprint density at radius 2 is 1.96 bits per heavy atom. The van der Waals surface area contributed by atoms with E-state index in [1.54, 1.807) is 22.1 Å². The maximum atomic E-state index is 12.3. The van der Waals surface area contributed by atoms with Gasteiger partial charge in [-0.2, -0.15) is 5.10 Å². The van der Waals surface area contributed by atoms with Crippen LogP contribution in [-0.2, 0) is 11.3 Å². The van der Waals surface area contributed by atoms with Crippen LogP contribution in [0.5, 0.6) is 0 Å². The van der Waals surface area contributed by atoms with Crippen molar-refractivity contribution in [2.24, 2.45) is 0 Å². The van der Waals surface area contributed by atoms with E-state index in [2.05, 4.69) is 15.7 Å². The molecule has 2 amide bonds. The molecule has 1 aromatic carbocycles. The summed E-state index contributed by atoms with van der Waals surface area (Å²) in [5, 5.41) is 11.8. The predicted molar refractivity (Wildman–Crippen MR) is 93.4 cm³/mol. The van der Waals surface area contributed by atoms with E-state index in [4.69, 9.17) is 0 Å². The molecule has 122 valence electrons. The molecule has 2 N–H and O–H groups in total. The number of aromatic nitrogens is 2. The zero-order valence-electron chi connectivity index (χ0n) is 13.0. The van der Waals surface area contributed by atoms with Gasteiger partial charge < -0.3 is 10.6 Å². The Morgan fingerprint density at radius 3 is 2.62 bits per heavy atom. The van der Waals surface area contributed by atoms with E-state index in [1.807, 2.05) is 47.8 Å². The zero-order chi connectivity index (χ0) is 16.9. The number of hydrogen-bond acceptors (Lipinski definition) is 4. The fourth-order valence-electron chi connectivity index (χ4n) is 2.20. The fraction of sp³-hybridized carbons (Fsp3) is 0.118. The molecule has 0 fully saturated rings. The average Bonchev–Trinajstić information content (AvgIpc) is 3.22. The van der Waals surface area contributed by atoms with Crippen LogP contribution in [0.1, 0.15) is 22.3 Å². The first-order chi connectivity index (χ1) is 11.6. The summed E-state index contributed by atoms with van der Waals surface area (Å²) < 4.78 is 1.54. The smallest absolute Gasteiger partial charge is 0.272 e. The van der Waals surface area contributed by atoms with Crippen LogP contribution in [0.2, 0.25) is 0 Å².